The quantitative estimate of drug-likeness (QED) is 0.485. The number of hydrogen-bond donors (Lipinski definition) is 1. The molecule has 0 aliphatic rings. The van der Waals surface area contributed by atoms with Gasteiger partial charge in [0.1, 0.15) is 12.4 Å². The van der Waals surface area contributed by atoms with Crippen LogP contribution in [-0.4, -0.2) is 37.4 Å². The average molecular weight is 271 g/mol. The van der Waals surface area contributed by atoms with E-state index in [1.165, 1.54) is 0 Å². The van der Waals surface area contributed by atoms with Crippen LogP contribution in [0.15, 0.2) is 29.4 Å². The number of ether oxygens (including phenoxy) is 1. The van der Waals surface area contributed by atoms with Gasteiger partial charge in [0.2, 0.25) is 0 Å². The molecule has 0 aromatic heterocycles. The highest BCUT2D eigenvalue weighted by Gasteiger charge is 2.07. The van der Waals surface area contributed by atoms with Crippen LogP contribution in [0.25, 0.3) is 0 Å². The summed E-state index contributed by atoms with van der Waals surface area (Å²) in [5.74, 6) is 0.736. The molecule has 0 heterocycles. The first kappa shape index (κ1) is 14.5. The first-order chi connectivity index (χ1) is 8.48. The van der Waals surface area contributed by atoms with Crippen LogP contribution < -0.4 is 4.74 Å². The zero-order chi connectivity index (χ0) is 13.6. The minimum Gasteiger partial charge on any atom is -0.493 e. The second-order valence-electron chi connectivity index (χ2n) is 3.79. The predicted octanol–water partition coefficient (Wildman–Crippen LogP) is 1.70. The van der Waals surface area contributed by atoms with Crippen molar-refractivity contribution in [2.75, 3.05) is 18.1 Å². The van der Waals surface area contributed by atoms with Gasteiger partial charge in [0.15, 0.2) is 9.84 Å². The van der Waals surface area contributed by atoms with Crippen molar-refractivity contribution in [3.8, 4) is 5.75 Å². The van der Waals surface area contributed by atoms with Gasteiger partial charge >= 0.3 is 0 Å². The first-order valence-electron chi connectivity index (χ1n) is 5.61. The normalized spacial score (nSPS) is 12.4. The highest BCUT2D eigenvalue weighted by atomic mass is 32.2. The van der Waals surface area contributed by atoms with Crippen LogP contribution in [-0.2, 0) is 9.84 Å². The highest BCUT2D eigenvalue weighted by Crippen LogP contribution is 2.13. The van der Waals surface area contributed by atoms with Gasteiger partial charge in [-0.2, -0.15) is 0 Å². The van der Waals surface area contributed by atoms with Crippen molar-refractivity contribution in [3.63, 3.8) is 0 Å². The van der Waals surface area contributed by atoms with Crippen molar-refractivity contribution in [1.29, 1.82) is 0 Å². The Kier molecular flexibility index (Phi) is 5.15. The van der Waals surface area contributed by atoms with Gasteiger partial charge in [-0.15, -0.1) is 0 Å². The van der Waals surface area contributed by atoms with Gasteiger partial charge in [0.05, 0.1) is 11.5 Å². The molecule has 0 saturated heterocycles. The standard InChI is InChI=1S/C12H17NO4S/c1-3-18(15,16)9-8-17-12-6-4-11(5-7-12)10(2)13-14/h4-7,14H,3,8-9H2,1-2H3/b13-10+. The van der Waals surface area contributed by atoms with E-state index in [0.717, 1.165) is 5.56 Å². The Morgan fingerprint density at radius 3 is 2.44 bits per heavy atom. The van der Waals surface area contributed by atoms with Gasteiger partial charge in [-0.1, -0.05) is 12.1 Å². The van der Waals surface area contributed by atoms with E-state index in [9.17, 15) is 8.42 Å². The lowest BCUT2D eigenvalue weighted by atomic mass is 10.1. The van der Waals surface area contributed by atoms with Gasteiger partial charge in [0, 0.05) is 5.75 Å². The van der Waals surface area contributed by atoms with E-state index in [1.54, 1.807) is 38.1 Å². The molecule has 0 aliphatic heterocycles. The zero-order valence-corrected chi connectivity index (χ0v) is 11.3. The van der Waals surface area contributed by atoms with E-state index in [1.807, 2.05) is 0 Å². The molecule has 0 spiro atoms. The van der Waals surface area contributed by atoms with Crippen molar-refractivity contribution < 1.29 is 18.4 Å². The minimum atomic E-state index is -2.99. The van der Waals surface area contributed by atoms with Gasteiger partial charge in [-0.3, -0.25) is 0 Å². The molecule has 1 N–H and O–H groups in total. The molecule has 1 aromatic rings. The summed E-state index contributed by atoms with van der Waals surface area (Å²) < 4.78 is 27.8. The molecule has 18 heavy (non-hydrogen) atoms. The van der Waals surface area contributed by atoms with E-state index in [-0.39, 0.29) is 18.1 Å². The molecule has 0 radical (unpaired) electrons. The summed E-state index contributed by atoms with van der Waals surface area (Å²) in [5.41, 5.74) is 1.29. The fourth-order valence-corrected chi connectivity index (χ4v) is 1.91. The Hall–Kier alpha value is -1.56. The summed E-state index contributed by atoms with van der Waals surface area (Å²) in [6.45, 7) is 3.44. The van der Waals surface area contributed by atoms with Crippen molar-refractivity contribution in [2.45, 2.75) is 13.8 Å². The van der Waals surface area contributed by atoms with E-state index < -0.39 is 9.84 Å². The Morgan fingerprint density at radius 2 is 1.94 bits per heavy atom. The van der Waals surface area contributed by atoms with E-state index in [2.05, 4.69) is 5.16 Å². The molecule has 0 fully saturated rings. The number of oxime groups is 1. The van der Waals surface area contributed by atoms with Crippen LogP contribution in [0, 0.1) is 0 Å². The third-order valence-electron chi connectivity index (χ3n) is 2.52. The average Bonchev–Trinajstić information content (AvgIpc) is 2.38. The molecule has 6 heteroatoms. The Balaban J connectivity index is 2.55. The number of nitrogens with zero attached hydrogens (tertiary/aromatic N) is 1. The molecule has 1 rings (SSSR count). The summed E-state index contributed by atoms with van der Waals surface area (Å²) >= 11 is 0. The summed E-state index contributed by atoms with van der Waals surface area (Å²) in [7, 11) is -2.99. The maximum absolute atomic E-state index is 11.2. The van der Waals surface area contributed by atoms with Crippen molar-refractivity contribution in [2.24, 2.45) is 5.16 Å². The molecule has 0 atom stereocenters. The molecule has 1 aromatic carbocycles. The van der Waals surface area contributed by atoms with Crippen molar-refractivity contribution in [3.05, 3.63) is 29.8 Å². The first-order valence-corrected chi connectivity index (χ1v) is 7.43. The molecule has 0 saturated carbocycles. The number of benzene rings is 1. The highest BCUT2D eigenvalue weighted by molar-refractivity contribution is 7.91. The molecule has 0 unspecified atom stereocenters. The summed E-state index contributed by atoms with van der Waals surface area (Å²) in [6, 6.07) is 6.92. The SMILES string of the molecule is CCS(=O)(=O)CCOc1ccc(/C(C)=N/O)cc1. The van der Waals surface area contributed by atoms with Gasteiger partial charge < -0.3 is 9.94 Å². The van der Waals surface area contributed by atoms with E-state index >= 15 is 0 Å². The second-order valence-corrected chi connectivity index (χ2v) is 6.27. The molecule has 0 bridgehead atoms. The summed E-state index contributed by atoms with van der Waals surface area (Å²) in [6.07, 6.45) is 0. The lowest BCUT2D eigenvalue weighted by Gasteiger charge is -2.06. The van der Waals surface area contributed by atoms with Crippen LogP contribution in [0.2, 0.25) is 0 Å². The summed E-state index contributed by atoms with van der Waals surface area (Å²) in [4.78, 5) is 0. The topological polar surface area (TPSA) is 76.0 Å². The number of rotatable bonds is 6. The molecule has 0 aliphatic carbocycles. The van der Waals surface area contributed by atoms with Crippen molar-refractivity contribution in [1.82, 2.24) is 0 Å². The smallest absolute Gasteiger partial charge is 0.153 e. The van der Waals surface area contributed by atoms with Crippen molar-refractivity contribution >= 4 is 15.5 Å². The lowest BCUT2D eigenvalue weighted by molar-refractivity contribution is 0.319. The minimum absolute atomic E-state index is 0.0162. The number of sulfone groups is 1. The maximum Gasteiger partial charge on any atom is 0.153 e. The molecule has 5 nitrogen and oxygen atoms in total. The van der Waals surface area contributed by atoms with Crippen LogP contribution in [0.1, 0.15) is 19.4 Å². The predicted molar refractivity (Wildman–Crippen MR) is 70.3 cm³/mol. The molecule has 100 valence electrons. The van der Waals surface area contributed by atoms with Gasteiger partial charge in [-0.25, -0.2) is 8.42 Å². The number of hydrogen-bond acceptors (Lipinski definition) is 5. The summed E-state index contributed by atoms with van der Waals surface area (Å²) in [5, 5.41) is 11.7. The van der Waals surface area contributed by atoms with E-state index in [0.29, 0.717) is 11.5 Å². The van der Waals surface area contributed by atoms with Gasteiger partial charge in [-0.05, 0) is 36.8 Å². The monoisotopic (exact) mass is 271 g/mol. The molecular formula is C12H17NO4S. The Labute approximate surface area is 107 Å². The maximum atomic E-state index is 11.2. The van der Waals surface area contributed by atoms with Gasteiger partial charge in [0.25, 0.3) is 0 Å². The lowest BCUT2D eigenvalue weighted by Crippen LogP contribution is -2.15. The third kappa shape index (κ3) is 4.37. The molecular weight excluding hydrogens is 254 g/mol. The largest absolute Gasteiger partial charge is 0.493 e. The fraction of sp³-hybridized carbons (Fsp3) is 0.417. The zero-order valence-electron chi connectivity index (χ0n) is 10.5. The van der Waals surface area contributed by atoms with Crippen LogP contribution in [0.4, 0.5) is 0 Å². The Bertz CT molecular complexity index is 505. The van der Waals surface area contributed by atoms with E-state index in [4.69, 9.17) is 9.94 Å². The van der Waals surface area contributed by atoms with Crippen LogP contribution >= 0.6 is 0 Å². The second kappa shape index (κ2) is 6.39. The Morgan fingerprint density at radius 1 is 1.33 bits per heavy atom. The molecule has 0 amide bonds. The fourth-order valence-electron chi connectivity index (χ4n) is 1.28. The van der Waals surface area contributed by atoms with Crippen LogP contribution in [0.5, 0.6) is 5.75 Å². The van der Waals surface area contributed by atoms with Crippen LogP contribution in [0.3, 0.4) is 0 Å². The third-order valence-corrected chi connectivity index (χ3v) is 4.19.